The molecule has 1 saturated carbocycles. The molecular weight excluding hydrogens is 521 g/mol. The second-order valence-electron chi connectivity index (χ2n) is 11.4. The number of nitrogens with zero attached hydrogens (tertiary/aromatic N) is 8. The summed E-state index contributed by atoms with van der Waals surface area (Å²) in [4.78, 5) is 0. The zero-order valence-corrected chi connectivity index (χ0v) is 25.0. The Hall–Kier alpha value is 0.450. The molecule has 0 aromatic heterocycles. The van der Waals surface area contributed by atoms with Gasteiger partial charge in [0.05, 0.1) is 6.61 Å². The summed E-state index contributed by atoms with van der Waals surface area (Å²) >= 11 is 0. The molecule has 7 rings (SSSR count). The summed E-state index contributed by atoms with van der Waals surface area (Å²) in [5, 5.41) is 0. The van der Waals surface area contributed by atoms with Crippen LogP contribution in [0.4, 0.5) is 0 Å². The lowest BCUT2D eigenvalue weighted by molar-refractivity contribution is 0.240. The van der Waals surface area contributed by atoms with Crippen LogP contribution >= 0.6 is 22.6 Å². The maximum atomic E-state index is 7.01. The lowest BCUT2D eigenvalue weighted by atomic mass is 10.1. The van der Waals surface area contributed by atoms with E-state index < -0.39 is 22.6 Å². The topological polar surface area (TPSA) is 62.5 Å². The molecule has 7 aliphatic rings. The van der Waals surface area contributed by atoms with E-state index in [1.807, 2.05) is 0 Å². The van der Waals surface area contributed by atoms with Crippen molar-refractivity contribution < 1.29 is 4.52 Å². The van der Waals surface area contributed by atoms with Crippen LogP contribution in [0.15, 0.2) is 13.5 Å². The van der Waals surface area contributed by atoms with Crippen molar-refractivity contribution in [3.63, 3.8) is 0 Å². The highest BCUT2D eigenvalue weighted by Crippen LogP contribution is 2.84. The van der Waals surface area contributed by atoms with Crippen LogP contribution in [0.3, 0.4) is 0 Å². The van der Waals surface area contributed by atoms with Crippen molar-refractivity contribution in [2.75, 3.05) is 72.1 Å². The van der Waals surface area contributed by atoms with Gasteiger partial charge in [0.25, 0.3) is 7.58 Å². The summed E-state index contributed by atoms with van der Waals surface area (Å²) in [6.07, 6.45) is 20.0. The summed E-state index contributed by atoms with van der Waals surface area (Å²) in [7, 11) is -7.17. The maximum Gasteiger partial charge on any atom is 0.282 e. The molecule has 6 heterocycles. The van der Waals surface area contributed by atoms with Gasteiger partial charge in [-0.3, -0.25) is 0 Å². The Labute approximate surface area is 225 Å². The van der Waals surface area contributed by atoms with Crippen molar-refractivity contribution >= 4 is 22.6 Å². The van der Waals surface area contributed by atoms with E-state index in [-0.39, 0.29) is 0 Å². The summed E-state index contributed by atoms with van der Waals surface area (Å²) < 4.78 is 38.7. The van der Waals surface area contributed by atoms with E-state index in [2.05, 4.69) is 49.0 Å². The molecule has 205 valence electrons. The van der Waals surface area contributed by atoms with Gasteiger partial charge in [-0.1, -0.05) is 0 Å². The Morgan fingerprint density at radius 1 is 0.568 bits per heavy atom. The van der Waals surface area contributed by atoms with Gasteiger partial charge in [0, 0.05) is 65.4 Å². The van der Waals surface area contributed by atoms with Gasteiger partial charge in [0.2, 0.25) is 15.0 Å². The second-order valence-corrected chi connectivity index (χ2v) is 19.8. The average Bonchev–Trinajstić information content (AvgIpc) is 3.77. The van der Waals surface area contributed by atoms with Crippen LogP contribution in [-0.2, 0) is 4.52 Å². The third-order valence-corrected chi connectivity index (χ3v) is 20.8. The Morgan fingerprint density at radius 2 is 1.03 bits per heavy atom. The maximum absolute atomic E-state index is 7.01. The molecule has 1 aliphatic carbocycles. The van der Waals surface area contributed by atoms with Gasteiger partial charge in [-0.05, 0) is 89.4 Å². The first-order valence-corrected chi connectivity index (χ1v) is 19.5. The Bertz CT molecular complexity index is 914. The fourth-order valence-corrected chi connectivity index (χ4v) is 22.3. The van der Waals surface area contributed by atoms with E-state index >= 15 is 0 Å². The summed E-state index contributed by atoms with van der Waals surface area (Å²) in [5.41, 5.74) is 0. The second kappa shape index (κ2) is 11.0. The van der Waals surface area contributed by atoms with Crippen molar-refractivity contribution in [3.05, 3.63) is 31.6 Å². The van der Waals surface area contributed by atoms with Gasteiger partial charge in [-0.2, -0.15) is 13.5 Å². The molecule has 0 aromatic rings. The van der Waals surface area contributed by atoms with E-state index in [1.165, 1.54) is 57.3 Å². The van der Waals surface area contributed by atoms with E-state index in [4.69, 9.17) is 18.1 Å². The minimum atomic E-state index is -2.57. The van der Waals surface area contributed by atoms with Crippen LogP contribution in [0.25, 0.3) is 0 Å². The molecule has 6 fully saturated rings. The lowest BCUT2D eigenvalue weighted by Crippen LogP contribution is -2.36. The minimum absolute atomic E-state index is 0.776. The molecule has 0 bridgehead atoms. The van der Waals surface area contributed by atoms with Crippen molar-refractivity contribution in [1.29, 1.82) is 0 Å². The summed E-state index contributed by atoms with van der Waals surface area (Å²) in [6.45, 7) is 11.7. The Morgan fingerprint density at radius 3 is 1.51 bits per heavy atom. The molecule has 6 aliphatic heterocycles. The van der Waals surface area contributed by atoms with Crippen LogP contribution in [0.2, 0.25) is 0 Å². The zero-order valence-electron chi connectivity index (χ0n) is 22.3. The number of hydrogen-bond donors (Lipinski definition) is 0. The van der Waals surface area contributed by atoms with Crippen LogP contribution in [0.1, 0.15) is 57.8 Å². The summed E-state index contributed by atoms with van der Waals surface area (Å²) in [6, 6.07) is 0. The molecule has 0 aromatic carbocycles. The molecule has 0 N–H and O–H groups in total. The number of rotatable bonds is 6. The van der Waals surface area contributed by atoms with E-state index in [1.54, 1.807) is 0 Å². The highest BCUT2D eigenvalue weighted by atomic mass is 31.3. The van der Waals surface area contributed by atoms with E-state index in [0.29, 0.717) is 0 Å². The Kier molecular flexibility index (Phi) is 7.86. The van der Waals surface area contributed by atoms with Gasteiger partial charge >= 0.3 is 0 Å². The van der Waals surface area contributed by atoms with Crippen LogP contribution in [0.5, 0.6) is 0 Å². The number of hydrogen-bond acceptors (Lipinski definition) is 9. The third-order valence-electron chi connectivity index (χ3n) is 8.85. The average molecular weight is 566 g/mol. The first-order chi connectivity index (χ1) is 18.2. The van der Waals surface area contributed by atoms with Gasteiger partial charge in [-0.15, -0.1) is 0 Å². The van der Waals surface area contributed by atoms with Crippen molar-refractivity contribution in [2.24, 2.45) is 13.5 Å². The molecular formula is C25H44N8OP3. The van der Waals surface area contributed by atoms with Crippen molar-refractivity contribution in [2.45, 2.75) is 57.8 Å². The highest BCUT2D eigenvalue weighted by Gasteiger charge is 2.52. The molecule has 9 nitrogen and oxygen atoms in total. The zero-order chi connectivity index (χ0) is 24.8. The monoisotopic (exact) mass is 565 g/mol. The molecule has 0 amide bonds. The third kappa shape index (κ3) is 4.75. The van der Waals surface area contributed by atoms with Gasteiger partial charge < -0.3 is 4.52 Å². The SMILES string of the molecule is [CH]1[CH][CH][C](CN2CCCOP23=NP(N2CCCC2)(N2CCCC2)=NP(N2CCCC2)(N2CCCC2)=N3)[CH]1. The summed E-state index contributed by atoms with van der Waals surface area (Å²) in [5.74, 6) is 1.36. The van der Waals surface area contributed by atoms with E-state index in [0.717, 1.165) is 78.5 Å². The van der Waals surface area contributed by atoms with Gasteiger partial charge in [0.15, 0.2) is 0 Å². The fraction of sp³-hybridized carbons (Fsp3) is 0.800. The van der Waals surface area contributed by atoms with Crippen LogP contribution in [0, 0.1) is 31.6 Å². The van der Waals surface area contributed by atoms with Crippen molar-refractivity contribution in [3.8, 4) is 0 Å². The van der Waals surface area contributed by atoms with Crippen LogP contribution < -0.4 is 0 Å². The predicted molar refractivity (Wildman–Crippen MR) is 154 cm³/mol. The molecule has 1 atom stereocenters. The molecule has 1 spiro atoms. The minimum Gasteiger partial charge on any atom is -0.316 e. The first-order valence-electron chi connectivity index (χ1n) is 14.8. The molecule has 37 heavy (non-hydrogen) atoms. The van der Waals surface area contributed by atoms with Gasteiger partial charge in [0.1, 0.15) is 0 Å². The highest BCUT2D eigenvalue weighted by molar-refractivity contribution is 7.82. The first kappa shape index (κ1) is 26.4. The lowest BCUT2D eigenvalue weighted by Gasteiger charge is -2.49. The van der Waals surface area contributed by atoms with Crippen molar-refractivity contribution in [1.82, 2.24) is 23.4 Å². The predicted octanol–water partition coefficient (Wildman–Crippen LogP) is 6.35. The molecule has 12 heteroatoms. The van der Waals surface area contributed by atoms with E-state index in [9.17, 15) is 0 Å². The molecule has 5 radical (unpaired) electrons. The van der Waals surface area contributed by atoms with Gasteiger partial charge in [-0.25, -0.2) is 23.4 Å². The standard InChI is InChI=1S/C25H44N8OP3/c1-2-13-25(12-1)24-33-22-11-23-34-37(33)27-35(29-14-3-4-15-29,30-16-5-6-17-30)26-36(28-37,31-18-7-8-19-31)32-20-9-10-21-32/h1-2,12-13H,3-11,14-24H2. The molecule has 1 unspecified atom stereocenters. The molecule has 5 saturated heterocycles. The Balaban J connectivity index is 1.46. The fourth-order valence-electron chi connectivity index (χ4n) is 6.92. The smallest absolute Gasteiger partial charge is 0.282 e. The largest absolute Gasteiger partial charge is 0.316 e. The quantitative estimate of drug-likeness (QED) is 0.350. The normalized spacial score (nSPS) is 36.3. The van der Waals surface area contributed by atoms with Crippen LogP contribution in [-0.4, -0.2) is 95.4 Å².